The molecule has 4 heteroatoms. The molecule has 2 aliphatic rings. The predicted molar refractivity (Wildman–Crippen MR) is 86.9 cm³/mol. The van der Waals surface area contributed by atoms with Crippen molar-refractivity contribution in [3.05, 3.63) is 57.3 Å². The van der Waals surface area contributed by atoms with E-state index < -0.39 is 6.10 Å². The Morgan fingerprint density at radius 2 is 2.14 bits per heavy atom. The maximum atomic E-state index is 12.5. The minimum Gasteiger partial charge on any atom is -0.390 e. The van der Waals surface area contributed by atoms with Crippen molar-refractivity contribution >= 4 is 17.2 Å². The summed E-state index contributed by atoms with van der Waals surface area (Å²) in [5.74, 6) is 0.518. The van der Waals surface area contributed by atoms with Gasteiger partial charge in [0.05, 0.1) is 12.1 Å². The highest BCUT2D eigenvalue weighted by Gasteiger charge is 2.46. The van der Waals surface area contributed by atoms with Crippen molar-refractivity contribution in [3.8, 4) is 0 Å². The van der Waals surface area contributed by atoms with Crippen LogP contribution < -0.4 is 5.32 Å². The van der Waals surface area contributed by atoms with Crippen molar-refractivity contribution in [2.24, 2.45) is 5.92 Å². The summed E-state index contributed by atoms with van der Waals surface area (Å²) in [5, 5.41) is 15.4. The molecule has 2 N–H and O–H groups in total. The summed E-state index contributed by atoms with van der Waals surface area (Å²) in [5.41, 5.74) is 3.49. The minimum absolute atomic E-state index is 0.0670. The maximum Gasteiger partial charge on any atom is 0.224 e. The largest absolute Gasteiger partial charge is 0.390 e. The Morgan fingerprint density at radius 1 is 1.32 bits per heavy atom. The van der Waals surface area contributed by atoms with Crippen LogP contribution in [-0.2, 0) is 11.2 Å². The van der Waals surface area contributed by atoms with E-state index in [0.717, 1.165) is 17.5 Å². The quantitative estimate of drug-likeness (QED) is 0.915. The van der Waals surface area contributed by atoms with E-state index in [2.05, 4.69) is 23.7 Å². The molecule has 0 bridgehead atoms. The van der Waals surface area contributed by atoms with Crippen LogP contribution in [0.1, 0.15) is 39.9 Å². The van der Waals surface area contributed by atoms with Crippen LogP contribution in [-0.4, -0.2) is 17.1 Å². The Kier molecular flexibility index (Phi) is 3.31. The molecule has 4 rings (SSSR count). The normalized spacial score (nSPS) is 29.2. The minimum atomic E-state index is -0.512. The predicted octanol–water partition coefficient (Wildman–Crippen LogP) is 2.93. The highest BCUT2D eigenvalue weighted by Crippen LogP contribution is 2.50. The van der Waals surface area contributed by atoms with Gasteiger partial charge in [-0.15, -0.1) is 11.3 Å². The number of fused-ring (bicyclic) bond motifs is 1. The van der Waals surface area contributed by atoms with E-state index in [0.29, 0.717) is 12.3 Å². The molecule has 2 aliphatic carbocycles. The van der Waals surface area contributed by atoms with Gasteiger partial charge >= 0.3 is 0 Å². The van der Waals surface area contributed by atoms with E-state index in [1.165, 1.54) is 10.4 Å². The second kappa shape index (κ2) is 5.21. The summed E-state index contributed by atoms with van der Waals surface area (Å²) in [4.78, 5) is 13.9. The molecule has 3 nitrogen and oxygen atoms in total. The van der Waals surface area contributed by atoms with Crippen molar-refractivity contribution in [1.29, 1.82) is 0 Å². The van der Waals surface area contributed by atoms with Gasteiger partial charge in [-0.25, -0.2) is 0 Å². The lowest BCUT2D eigenvalue weighted by Gasteiger charge is -2.18. The molecule has 1 amide bonds. The summed E-state index contributed by atoms with van der Waals surface area (Å²) in [6, 6.07) is 9.83. The van der Waals surface area contributed by atoms with Gasteiger partial charge in [0.1, 0.15) is 0 Å². The summed E-state index contributed by atoms with van der Waals surface area (Å²) in [7, 11) is 0. The molecule has 1 aromatic carbocycles. The Hall–Kier alpha value is -1.65. The molecule has 0 saturated heterocycles. The van der Waals surface area contributed by atoms with Gasteiger partial charge in [0.2, 0.25) is 5.91 Å². The van der Waals surface area contributed by atoms with Crippen LogP contribution in [0.4, 0.5) is 0 Å². The highest BCUT2D eigenvalue weighted by molar-refractivity contribution is 7.10. The third-order valence-corrected chi connectivity index (χ3v) is 6.02. The van der Waals surface area contributed by atoms with Crippen molar-refractivity contribution < 1.29 is 9.90 Å². The monoisotopic (exact) mass is 313 g/mol. The Labute approximate surface area is 134 Å². The third-order valence-electron chi connectivity index (χ3n) is 4.87. The number of benzene rings is 1. The second-order valence-corrected chi connectivity index (χ2v) is 7.32. The van der Waals surface area contributed by atoms with Crippen LogP contribution in [0.15, 0.2) is 35.7 Å². The molecule has 0 spiro atoms. The molecule has 1 aromatic heterocycles. The first-order chi connectivity index (χ1) is 10.6. The van der Waals surface area contributed by atoms with Crippen LogP contribution in [0, 0.1) is 12.8 Å². The Bertz CT molecular complexity index is 723. The van der Waals surface area contributed by atoms with Crippen molar-refractivity contribution in [3.63, 3.8) is 0 Å². The van der Waals surface area contributed by atoms with E-state index in [1.54, 1.807) is 11.3 Å². The van der Waals surface area contributed by atoms with Gasteiger partial charge in [0.15, 0.2) is 0 Å². The number of aliphatic hydroxyl groups excluding tert-OH is 1. The smallest absolute Gasteiger partial charge is 0.224 e. The Morgan fingerprint density at radius 3 is 2.91 bits per heavy atom. The molecule has 4 atom stereocenters. The summed E-state index contributed by atoms with van der Waals surface area (Å²) >= 11 is 1.74. The standard InChI is InChI=1S/C18H19NO2S/c1-10-6-7-22-17(10)13-9-14(13)18(21)19-16-12-5-3-2-4-11(12)8-15(16)20/h2-7,13-16,20H,8-9H2,1H3,(H,19,21)/t13?,14?,15-,16+/m0/s1. The zero-order valence-corrected chi connectivity index (χ0v) is 13.3. The fourth-order valence-electron chi connectivity index (χ4n) is 3.55. The molecule has 1 fully saturated rings. The number of carbonyl (C=O) groups excluding carboxylic acids is 1. The number of thiophene rings is 1. The van der Waals surface area contributed by atoms with Gasteiger partial charge in [0, 0.05) is 23.1 Å². The summed E-state index contributed by atoms with van der Waals surface area (Å²) < 4.78 is 0. The number of rotatable bonds is 3. The molecule has 22 heavy (non-hydrogen) atoms. The first-order valence-electron chi connectivity index (χ1n) is 7.75. The first kappa shape index (κ1) is 14.0. The molecule has 114 valence electrons. The van der Waals surface area contributed by atoms with Gasteiger partial charge < -0.3 is 10.4 Å². The fourth-order valence-corrected chi connectivity index (χ4v) is 4.65. The maximum absolute atomic E-state index is 12.5. The SMILES string of the molecule is Cc1ccsc1C1CC1C(=O)N[C@@H]1c2ccccc2C[C@@H]1O. The van der Waals surface area contributed by atoms with Gasteiger partial charge in [0.25, 0.3) is 0 Å². The van der Waals surface area contributed by atoms with E-state index in [9.17, 15) is 9.90 Å². The summed E-state index contributed by atoms with van der Waals surface area (Å²) in [6.07, 6.45) is 1.04. The molecule has 0 radical (unpaired) electrons. The average molecular weight is 313 g/mol. The number of aliphatic hydroxyl groups is 1. The van der Waals surface area contributed by atoms with Crippen LogP contribution in [0.3, 0.4) is 0 Å². The third kappa shape index (κ3) is 2.27. The van der Waals surface area contributed by atoms with Crippen LogP contribution >= 0.6 is 11.3 Å². The van der Waals surface area contributed by atoms with Crippen molar-refractivity contribution in [2.45, 2.75) is 37.8 Å². The van der Waals surface area contributed by atoms with E-state index in [-0.39, 0.29) is 17.9 Å². The van der Waals surface area contributed by atoms with Gasteiger partial charge in [-0.05, 0) is 41.5 Å². The average Bonchev–Trinajstić information content (AvgIpc) is 3.09. The molecular formula is C18H19NO2S. The number of carbonyl (C=O) groups is 1. The fraction of sp³-hybridized carbons (Fsp3) is 0.389. The van der Waals surface area contributed by atoms with E-state index >= 15 is 0 Å². The highest BCUT2D eigenvalue weighted by atomic mass is 32.1. The second-order valence-electron chi connectivity index (χ2n) is 6.37. The lowest BCUT2D eigenvalue weighted by Crippen LogP contribution is -2.35. The molecule has 2 aromatic rings. The first-order valence-corrected chi connectivity index (χ1v) is 8.63. The number of hydrogen-bond acceptors (Lipinski definition) is 3. The van der Waals surface area contributed by atoms with Gasteiger partial charge in [-0.3, -0.25) is 4.79 Å². The lowest BCUT2D eigenvalue weighted by molar-refractivity contribution is -0.123. The lowest BCUT2D eigenvalue weighted by atomic mass is 10.1. The topological polar surface area (TPSA) is 49.3 Å². The molecule has 2 unspecified atom stereocenters. The van der Waals surface area contributed by atoms with E-state index in [1.807, 2.05) is 24.3 Å². The number of aryl methyl sites for hydroxylation is 1. The summed E-state index contributed by atoms with van der Waals surface area (Å²) in [6.45, 7) is 2.11. The van der Waals surface area contributed by atoms with E-state index in [4.69, 9.17) is 0 Å². The van der Waals surface area contributed by atoms with Gasteiger partial charge in [-0.1, -0.05) is 24.3 Å². The van der Waals surface area contributed by atoms with Crippen LogP contribution in [0.25, 0.3) is 0 Å². The van der Waals surface area contributed by atoms with Crippen LogP contribution in [0.2, 0.25) is 0 Å². The number of hydrogen-bond donors (Lipinski definition) is 2. The molecule has 1 saturated carbocycles. The zero-order chi connectivity index (χ0) is 15.3. The van der Waals surface area contributed by atoms with Crippen molar-refractivity contribution in [2.75, 3.05) is 0 Å². The zero-order valence-electron chi connectivity index (χ0n) is 12.5. The molecule has 1 heterocycles. The van der Waals surface area contributed by atoms with Crippen LogP contribution in [0.5, 0.6) is 0 Å². The number of amides is 1. The van der Waals surface area contributed by atoms with Gasteiger partial charge in [-0.2, -0.15) is 0 Å². The molecule has 0 aliphatic heterocycles. The Balaban J connectivity index is 1.47. The molecular weight excluding hydrogens is 294 g/mol. The number of nitrogens with one attached hydrogen (secondary N) is 1. The van der Waals surface area contributed by atoms with Crippen molar-refractivity contribution in [1.82, 2.24) is 5.32 Å².